The van der Waals surface area contributed by atoms with E-state index in [0.29, 0.717) is 0 Å². The van der Waals surface area contributed by atoms with Crippen molar-refractivity contribution in [2.75, 3.05) is 0 Å². The van der Waals surface area contributed by atoms with Gasteiger partial charge in [0.2, 0.25) is 0 Å². The molecule has 0 aliphatic heterocycles. The van der Waals surface area contributed by atoms with Gasteiger partial charge < -0.3 is 0 Å². The molecule has 0 spiro atoms. The molecule has 1 aromatic carbocycles. The van der Waals surface area contributed by atoms with E-state index in [1.165, 1.54) is 10.4 Å². The van der Waals surface area contributed by atoms with Crippen LogP contribution in [0.5, 0.6) is 0 Å². The van der Waals surface area contributed by atoms with Gasteiger partial charge in [0, 0.05) is 0 Å². The van der Waals surface area contributed by atoms with E-state index in [9.17, 15) is 0 Å². The highest BCUT2D eigenvalue weighted by molar-refractivity contribution is 6.80. The van der Waals surface area contributed by atoms with Crippen LogP contribution in [-0.2, 0) is 0 Å². The molecular weight excluding hydrogens is 172 g/mol. The van der Waals surface area contributed by atoms with E-state index in [1.54, 1.807) is 0 Å². The predicted octanol–water partition coefficient (Wildman–Crippen LogP) is 1.97. The Morgan fingerprint density at radius 3 is 1.77 bits per heavy atom. The summed E-state index contributed by atoms with van der Waals surface area (Å²) < 4.78 is 0. The van der Waals surface area contributed by atoms with E-state index in [2.05, 4.69) is 56.1 Å². The summed E-state index contributed by atoms with van der Waals surface area (Å²) >= 11 is 0. The Kier molecular flexibility index (Phi) is 1.92. The molecule has 1 aliphatic carbocycles. The molecule has 0 atom stereocenters. The van der Waals surface area contributed by atoms with Gasteiger partial charge in [-0.25, -0.2) is 0 Å². The molecule has 0 amide bonds. The molecule has 0 N–H and O–H groups in total. The summed E-state index contributed by atoms with van der Waals surface area (Å²) in [6.45, 7) is 7.28. The second-order valence-corrected chi connectivity index (χ2v) is 10.3. The second kappa shape index (κ2) is 2.84. The minimum absolute atomic E-state index is 0.727. The summed E-state index contributed by atoms with van der Waals surface area (Å²) in [5.74, 6) is 0. The van der Waals surface area contributed by atoms with Gasteiger partial charge in [-0.05, 0) is 16.0 Å². The average Bonchev–Trinajstić information content (AvgIpc) is 2.45. The summed E-state index contributed by atoms with van der Waals surface area (Å²) in [5.41, 5.74) is 0.727. The van der Waals surface area contributed by atoms with Gasteiger partial charge in [-0.15, -0.1) is 0 Å². The lowest BCUT2D eigenvalue weighted by Gasteiger charge is -2.20. The van der Waals surface area contributed by atoms with Crippen LogP contribution in [0, 0.1) is 0 Å². The molecule has 1 heteroatoms. The lowest BCUT2D eigenvalue weighted by atomic mass is 10.3. The number of benzene rings is 1. The fraction of sp³-hybridized carbons (Fsp3) is 0.333. The zero-order chi connectivity index (χ0) is 9.47. The molecule has 0 unspecified atom stereocenters. The van der Waals surface area contributed by atoms with Crippen molar-refractivity contribution < 1.29 is 0 Å². The number of hydrogen-bond acceptors (Lipinski definition) is 0. The molecule has 0 nitrogen and oxygen atoms in total. The van der Waals surface area contributed by atoms with Crippen LogP contribution in [-0.4, -0.2) is 8.07 Å². The smallest absolute Gasteiger partial charge is 0.0558 e. The van der Waals surface area contributed by atoms with Crippen molar-refractivity contribution in [1.29, 1.82) is 0 Å². The Morgan fingerprint density at radius 1 is 0.923 bits per heavy atom. The Balaban J connectivity index is 2.53. The zero-order valence-electron chi connectivity index (χ0n) is 8.54. The molecule has 0 aromatic heterocycles. The predicted molar refractivity (Wildman–Crippen MR) is 61.7 cm³/mol. The van der Waals surface area contributed by atoms with E-state index in [0.717, 1.165) is 5.54 Å². The molecule has 0 heterocycles. The molecule has 1 aromatic rings. The number of fused-ring (bicyclic) bond motifs is 1. The van der Waals surface area contributed by atoms with Gasteiger partial charge in [-0.2, -0.15) is 0 Å². The third-order valence-electron chi connectivity index (χ3n) is 2.71. The van der Waals surface area contributed by atoms with Crippen molar-refractivity contribution >= 4 is 20.2 Å². The van der Waals surface area contributed by atoms with Crippen LogP contribution >= 0.6 is 0 Å². The lowest BCUT2D eigenvalue weighted by molar-refractivity contribution is 1.43. The van der Waals surface area contributed by atoms with Crippen LogP contribution in [0.15, 0.2) is 24.3 Å². The van der Waals surface area contributed by atoms with Gasteiger partial charge in [0.1, 0.15) is 0 Å². The third kappa shape index (κ3) is 1.61. The first-order valence-corrected chi connectivity index (χ1v) is 8.44. The first-order valence-electron chi connectivity index (χ1n) is 4.86. The largest absolute Gasteiger partial charge is 0.0725 e. The van der Waals surface area contributed by atoms with E-state index in [4.69, 9.17) is 0 Å². The van der Waals surface area contributed by atoms with Crippen molar-refractivity contribution in [2.45, 2.75) is 25.2 Å². The van der Waals surface area contributed by atoms with Crippen molar-refractivity contribution in [3.8, 4) is 0 Å². The van der Waals surface area contributed by atoms with E-state index in [1.807, 2.05) is 0 Å². The van der Waals surface area contributed by atoms with Crippen LogP contribution in [0.3, 0.4) is 0 Å². The van der Waals surface area contributed by atoms with Crippen LogP contribution in [0.25, 0.3) is 12.2 Å². The topological polar surface area (TPSA) is 0 Å². The van der Waals surface area contributed by atoms with Gasteiger partial charge in [-0.1, -0.05) is 56.1 Å². The normalized spacial score (nSPS) is 16.2. The van der Waals surface area contributed by atoms with E-state index < -0.39 is 8.07 Å². The van der Waals surface area contributed by atoms with Crippen LogP contribution in [0.2, 0.25) is 25.2 Å². The number of rotatable bonds is 1. The summed E-state index contributed by atoms with van der Waals surface area (Å²) in [5, 5.41) is 2.85. The monoisotopic (exact) mass is 188 g/mol. The molecule has 0 saturated carbocycles. The zero-order valence-corrected chi connectivity index (χ0v) is 9.54. The van der Waals surface area contributed by atoms with Crippen LogP contribution < -0.4 is 10.4 Å². The van der Waals surface area contributed by atoms with E-state index >= 15 is 0 Å². The quantitative estimate of drug-likeness (QED) is 0.591. The average molecular weight is 188 g/mol. The highest BCUT2D eigenvalue weighted by Gasteiger charge is 2.24. The maximum absolute atomic E-state index is 2.43. The highest BCUT2D eigenvalue weighted by Crippen LogP contribution is 2.25. The lowest BCUT2D eigenvalue weighted by Crippen LogP contribution is -2.24. The molecule has 1 aliphatic rings. The summed E-state index contributed by atoms with van der Waals surface area (Å²) in [4.78, 5) is 0. The maximum atomic E-state index is 2.43. The third-order valence-corrected chi connectivity index (χ3v) is 5.05. The molecule has 0 bridgehead atoms. The SMILES string of the molecule is C[Si](C)(C)C1C=c2ccccc2=C1. The summed E-state index contributed by atoms with van der Waals surface area (Å²) in [7, 11) is -1.03. The van der Waals surface area contributed by atoms with E-state index in [-0.39, 0.29) is 0 Å². The minimum atomic E-state index is -1.03. The molecular formula is C12H16Si. The highest BCUT2D eigenvalue weighted by atomic mass is 28.3. The van der Waals surface area contributed by atoms with Crippen molar-refractivity contribution in [3.05, 3.63) is 34.7 Å². The maximum Gasteiger partial charge on any atom is 0.0558 e. The van der Waals surface area contributed by atoms with Gasteiger partial charge in [0.15, 0.2) is 0 Å². The Morgan fingerprint density at radius 2 is 1.38 bits per heavy atom. The standard InChI is InChI=1S/C12H16Si/c1-13(2,3)12-8-10-6-4-5-7-11(10)9-12/h4-9,12H,1-3H3. The molecule has 68 valence electrons. The minimum Gasteiger partial charge on any atom is -0.0725 e. The first-order chi connectivity index (χ1) is 6.07. The Bertz CT molecular complexity index is 388. The van der Waals surface area contributed by atoms with Crippen molar-refractivity contribution in [3.63, 3.8) is 0 Å². The van der Waals surface area contributed by atoms with Gasteiger partial charge in [0.05, 0.1) is 8.07 Å². The summed E-state index contributed by atoms with van der Waals surface area (Å²) in [6.07, 6.45) is 4.86. The van der Waals surface area contributed by atoms with Gasteiger partial charge >= 0.3 is 0 Å². The molecule has 0 saturated heterocycles. The van der Waals surface area contributed by atoms with Gasteiger partial charge in [0.25, 0.3) is 0 Å². The molecule has 2 rings (SSSR count). The van der Waals surface area contributed by atoms with Crippen LogP contribution in [0.4, 0.5) is 0 Å². The first kappa shape index (κ1) is 8.76. The van der Waals surface area contributed by atoms with Crippen molar-refractivity contribution in [2.24, 2.45) is 0 Å². The summed E-state index contributed by atoms with van der Waals surface area (Å²) in [6, 6.07) is 8.67. The molecule has 0 radical (unpaired) electrons. The Labute approximate surface area is 80.6 Å². The molecule has 0 fully saturated rings. The van der Waals surface area contributed by atoms with Crippen molar-refractivity contribution in [1.82, 2.24) is 0 Å². The second-order valence-electron chi connectivity index (χ2n) is 4.85. The Hall–Kier alpha value is -0.823. The molecule has 13 heavy (non-hydrogen) atoms. The fourth-order valence-corrected chi connectivity index (χ4v) is 3.11. The van der Waals surface area contributed by atoms with Crippen LogP contribution in [0.1, 0.15) is 0 Å². The number of hydrogen-bond donors (Lipinski definition) is 0. The van der Waals surface area contributed by atoms with Gasteiger partial charge in [-0.3, -0.25) is 0 Å². The fourth-order valence-electron chi connectivity index (χ4n) is 1.75.